The monoisotopic (exact) mass is 465 g/mol. The number of rotatable bonds is 10. The Bertz CT molecular complexity index is 1050. The summed E-state index contributed by atoms with van der Waals surface area (Å²) in [5.41, 5.74) is 0.395. The average Bonchev–Trinajstić information content (AvgIpc) is 3.29. The zero-order chi connectivity index (χ0) is 23.9. The van der Waals surface area contributed by atoms with Crippen LogP contribution in [0.2, 0.25) is 0 Å². The molecule has 0 fully saturated rings. The van der Waals surface area contributed by atoms with Gasteiger partial charge in [-0.25, -0.2) is 17.5 Å². The molecule has 2 aromatic rings. The number of ether oxygens (including phenoxy) is 1. The van der Waals surface area contributed by atoms with E-state index < -0.39 is 40.5 Å². The fourth-order valence-corrected chi connectivity index (χ4v) is 3.80. The van der Waals surface area contributed by atoms with Crippen molar-refractivity contribution in [2.75, 3.05) is 20.7 Å². The van der Waals surface area contributed by atoms with Crippen molar-refractivity contribution in [1.29, 1.82) is 0 Å². The third kappa shape index (κ3) is 6.41. The summed E-state index contributed by atoms with van der Waals surface area (Å²) in [5.74, 6) is -2.21. The minimum Gasteiger partial charge on any atom is -0.459 e. The molecule has 0 radical (unpaired) electrons. The van der Waals surface area contributed by atoms with Crippen molar-refractivity contribution in [3.05, 3.63) is 54.0 Å². The van der Waals surface area contributed by atoms with Gasteiger partial charge in [0.15, 0.2) is 12.4 Å². The van der Waals surface area contributed by atoms with Crippen molar-refractivity contribution >= 4 is 27.8 Å². The number of carbonyl (C=O) groups is 3. The molecule has 0 bridgehead atoms. The van der Waals surface area contributed by atoms with Gasteiger partial charge in [-0.1, -0.05) is 32.0 Å². The van der Waals surface area contributed by atoms with E-state index in [1.54, 1.807) is 38.1 Å². The lowest BCUT2D eigenvalue weighted by atomic mass is 10.0. The first kappa shape index (κ1) is 25.1. The van der Waals surface area contributed by atoms with Gasteiger partial charge in [-0.3, -0.25) is 9.59 Å². The van der Waals surface area contributed by atoms with Gasteiger partial charge in [0.2, 0.25) is 10.0 Å². The Balaban J connectivity index is 1.94. The molecule has 0 saturated heterocycles. The van der Waals surface area contributed by atoms with Crippen LogP contribution in [-0.2, 0) is 30.9 Å². The van der Waals surface area contributed by atoms with Crippen LogP contribution in [0, 0.1) is 5.92 Å². The third-order valence-electron chi connectivity index (χ3n) is 4.50. The molecule has 11 heteroatoms. The lowest BCUT2D eigenvalue weighted by molar-refractivity contribution is -0.151. The summed E-state index contributed by atoms with van der Waals surface area (Å²) in [6.07, 6.45) is 1.34. The van der Waals surface area contributed by atoms with Gasteiger partial charge in [-0.2, -0.15) is 0 Å². The highest BCUT2D eigenvalue weighted by Gasteiger charge is 2.27. The number of nitrogens with zero attached hydrogens (tertiary/aromatic N) is 1. The van der Waals surface area contributed by atoms with Crippen molar-refractivity contribution in [3.63, 3.8) is 0 Å². The topological polar surface area (TPSA) is 135 Å². The molecule has 0 aliphatic carbocycles. The summed E-state index contributed by atoms with van der Waals surface area (Å²) in [5, 5.41) is 5.06. The van der Waals surface area contributed by atoms with Gasteiger partial charge < -0.3 is 19.8 Å². The summed E-state index contributed by atoms with van der Waals surface area (Å²) < 4.78 is 36.0. The zero-order valence-electron chi connectivity index (χ0n) is 18.3. The van der Waals surface area contributed by atoms with Crippen LogP contribution in [0.3, 0.4) is 0 Å². The van der Waals surface area contributed by atoms with Crippen LogP contribution in [0.5, 0.6) is 0 Å². The summed E-state index contributed by atoms with van der Waals surface area (Å²) in [7, 11) is -0.850. The number of furan rings is 1. The molecule has 0 aliphatic rings. The van der Waals surface area contributed by atoms with Gasteiger partial charge in [0, 0.05) is 20.6 Å². The predicted molar refractivity (Wildman–Crippen MR) is 115 cm³/mol. The van der Waals surface area contributed by atoms with Crippen LogP contribution in [0.4, 0.5) is 0 Å². The molecule has 2 rings (SSSR count). The molecule has 0 spiro atoms. The highest BCUT2D eigenvalue weighted by Crippen LogP contribution is 2.18. The van der Waals surface area contributed by atoms with Crippen molar-refractivity contribution in [2.45, 2.75) is 31.3 Å². The average molecular weight is 466 g/mol. The SMILES string of the molecule is CC(C)[C@H](NC(=O)c1ccco1)C(=O)OCC(=O)NCc1ccccc1S(=O)(=O)N(C)C. The molecule has 32 heavy (non-hydrogen) atoms. The van der Waals surface area contributed by atoms with Crippen LogP contribution in [0.15, 0.2) is 52.0 Å². The van der Waals surface area contributed by atoms with E-state index in [4.69, 9.17) is 9.15 Å². The molecule has 0 unspecified atom stereocenters. The number of sulfonamides is 1. The molecule has 174 valence electrons. The first-order chi connectivity index (χ1) is 15.0. The molecule has 2 amide bonds. The van der Waals surface area contributed by atoms with Gasteiger partial charge in [0.25, 0.3) is 11.8 Å². The number of hydrogen-bond donors (Lipinski definition) is 2. The molecule has 1 aromatic heterocycles. The zero-order valence-corrected chi connectivity index (χ0v) is 19.1. The Labute approximate surface area is 187 Å². The second-order valence-electron chi connectivity index (χ2n) is 7.45. The summed E-state index contributed by atoms with van der Waals surface area (Å²) in [6, 6.07) is 8.31. The first-order valence-corrected chi connectivity index (χ1v) is 11.3. The van der Waals surface area contributed by atoms with Crippen LogP contribution in [0.1, 0.15) is 30.0 Å². The fourth-order valence-electron chi connectivity index (χ4n) is 2.69. The van der Waals surface area contributed by atoms with Crippen molar-refractivity contribution in [1.82, 2.24) is 14.9 Å². The van der Waals surface area contributed by atoms with Crippen LogP contribution < -0.4 is 10.6 Å². The van der Waals surface area contributed by atoms with Crippen LogP contribution >= 0.6 is 0 Å². The van der Waals surface area contributed by atoms with Crippen LogP contribution in [0.25, 0.3) is 0 Å². The molecule has 1 atom stereocenters. The highest BCUT2D eigenvalue weighted by molar-refractivity contribution is 7.89. The Morgan fingerprint density at radius 3 is 2.38 bits per heavy atom. The molecule has 10 nitrogen and oxygen atoms in total. The van der Waals surface area contributed by atoms with E-state index in [1.807, 2.05) is 0 Å². The van der Waals surface area contributed by atoms with E-state index in [-0.39, 0.29) is 23.1 Å². The van der Waals surface area contributed by atoms with E-state index in [1.165, 1.54) is 32.5 Å². The Morgan fingerprint density at radius 2 is 1.78 bits per heavy atom. The quantitative estimate of drug-likeness (QED) is 0.503. The minimum atomic E-state index is -3.68. The lowest BCUT2D eigenvalue weighted by Crippen LogP contribution is -2.46. The predicted octanol–water partition coefficient (Wildman–Crippen LogP) is 1.14. The summed E-state index contributed by atoms with van der Waals surface area (Å²) >= 11 is 0. The summed E-state index contributed by atoms with van der Waals surface area (Å²) in [4.78, 5) is 36.8. The second kappa shape index (κ2) is 10.9. The Kier molecular flexibility index (Phi) is 8.56. The maximum atomic E-state index is 12.4. The summed E-state index contributed by atoms with van der Waals surface area (Å²) in [6.45, 7) is 2.79. The number of amides is 2. The van der Waals surface area contributed by atoms with E-state index in [0.29, 0.717) is 5.56 Å². The van der Waals surface area contributed by atoms with Crippen molar-refractivity contribution < 1.29 is 32.0 Å². The van der Waals surface area contributed by atoms with Crippen molar-refractivity contribution in [3.8, 4) is 0 Å². The number of carbonyl (C=O) groups excluding carboxylic acids is 3. The highest BCUT2D eigenvalue weighted by atomic mass is 32.2. The molecule has 0 saturated carbocycles. The van der Waals surface area contributed by atoms with Gasteiger partial charge in [-0.05, 0) is 29.7 Å². The van der Waals surface area contributed by atoms with Gasteiger partial charge in [0.05, 0.1) is 11.2 Å². The maximum absolute atomic E-state index is 12.4. The van der Waals surface area contributed by atoms with E-state index >= 15 is 0 Å². The number of esters is 1. The molecular weight excluding hydrogens is 438 g/mol. The molecule has 1 aromatic carbocycles. The molecule has 2 N–H and O–H groups in total. The van der Waals surface area contributed by atoms with E-state index in [0.717, 1.165) is 4.31 Å². The van der Waals surface area contributed by atoms with E-state index in [2.05, 4.69) is 10.6 Å². The van der Waals surface area contributed by atoms with Gasteiger partial charge >= 0.3 is 5.97 Å². The molecular formula is C21H27N3O7S. The van der Waals surface area contributed by atoms with Crippen LogP contribution in [-0.4, -0.2) is 57.3 Å². The largest absolute Gasteiger partial charge is 0.459 e. The third-order valence-corrected chi connectivity index (χ3v) is 6.42. The van der Waals surface area contributed by atoms with Gasteiger partial charge in [-0.15, -0.1) is 0 Å². The Morgan fingerprint density at radius 1 is 1.09 bits per heavy atom. The molecule has 0 aliphatic heterocycles. The normalized spacial score (nSPS) is 12.4. The number of nitrogens with one attached hydrogen (secondary N) is 2. The first-order valence-electron chi connectivity index (χ1n) is 9.82. The fraction of sp³-hybridized carbons (Fsp3) is 0.381. The van der Waals surface area contributed by atoms with Gasteiger partial charge in [0.1, 0.15) is 6.04 Å². The Hall–Kier alpha value is -3.18. The smallest absolute Gasteiger partial charge is 0.329 e. The lowest BCUT2D eigenvalue weighted by Gasteiger charge is -2.20. The maximum Gasteiger partial charge on any atom is 0.329 e. The minimum absolute atomic E-state index is 0.0486. The van der Waals surface area contributed by atoms with E-state index in [9.17, 15) is 22.8 Å². The number of benzene rings is 1. The standard InChI is InChI=1S/C21H27N3O7S/c1-14(2)19(23-20(26)16-9-7-11-30-16)21(27)31-13-18(25)22-12-15-8-5-6-10-17(15)32(28,29)24(3)4/h5-11,14,19H,12-13H2,1-4H3,(H,22,25)(H,23,26)/t19-/m0/s1. The molecule has 1 heterocycles. The van der Waals surface area contributed by atoms with Crippen molar-refractivity contribution in [2.24, 2.45) is 5.92 Å². The number of hydrogen-bond acceptors (Lipinski definition) is 7. The second-order valence-corrected chi connectivity index (χ2v) is 9.57.